The summed E-state index contributed by atoms with van der Waals surface area (Å²) in [4.78, 5) is 7.98. The molecule has 88 valence electrons. The molecule has 0 aliphatic rings. The molecule has 1 N–H and O–H groups in total. The molecule has 0 amide bonds. The van der Waals surface area contributed by atoms with E-state index in [0.29, 0.717) is 6.54 Å². The molecule has 2 rings (SSSR count). The fourth-order valence-electron chi connectivity index (χ4n) is 1.55. The summed E-state index contributed by atoms with van der Waals surface area (Å²) in [7, 11) is 0. The molecule has 17 heavy (non-hydrogen) atoms. The van der Waals surface area contributed by atoms with Gasteiger partial charge in [-0.25, -0.2) is 14.4 Å². The maximum atomic E-state index is 12.8. The summed E-state index contributed by atoms with van der Waals surface area (Å²) in [5, 5.41) is 3.32. The molecule has 1 aromatic carbocycles. The van der Waals surface area contributed by atoms with E-state index in [1.807, 2.05) is 13.0 Å². The molecule has 1 heterocycles. The van der Waals surface area contributed by atoms with Crippen LogP contribution in [0.1, 0.15) is 24.2 Å². The molecule has 2 aromatic rings. The second-order valence-electron chi connectivity index (χ2n) is 3.85. The summed E-state index contributed by atoms with van der Waals surface area (Å²) in [5.41, 5.74) is 1.99. The van der Waals surface area contributed by atoms with E-state index < -0.39 is 0 Å². The van der Waals surface area contributed by atoms with Gasteiger partial charge in [-0.2, -0.15) is 0 Å². The van der Waals surface area contributed by atoms with Gasteiger partial charge in [-0.3, -0.25) is 0 Å². The van der Waals surface area contributed by atoms with Gasteiger partial charge in [0.15, 0.2) is 0 Å². The van der Waals surface area contributed by atoms with Crippen molar-refractivity contribution in [1.82, 2.24) is 15.3 Å². The predicted molar refractivity (Wildman–Crippen MR) is 63.7 cm³/mol. The third-order valence-electron chi connectivity index (χ3n) is 2.60. The van der Waals surface area contributed by atoms with Gasteiger partial charge in [0.2, 0.25) is 0 Å². The first-order valence-electron chi connectivity index (χ1n) is 5.49. The molecule has 0 spiro atoms. The Morgan fingerprint density at radius 3 is 2.65 bits per heavy atom. The van der Waals surface area contributed by atoms with Crippen LogP contribution in [0.4, 0.5) is 4.39 Å². The summed E-state index contributed by atoms with van der Waals surface area (Å²) in [6.45, 7) is 2.70. The number of benzene rings is 1. The quantitative estimate of drug-likeness (QED) is 0.878. The zero-order valence-electron chi connectivity index (χ0n) is 9.60. The standard InChI is InChI=1S/C13H14FN3/c1-10(11-2-4-12(14)5-3-11)16-8-13-6-7-15-9-17-13/h2-7,9-10,16H,8H2,1H3/t10-/m1/s1. The molecular formula is C13H14FN3. The highest BCUT2D eigenvalue weighted by atomic mass is 19.1. The van der Waals surface area contributed by atoms with Crippen LogP contribution in [0.15, 0.2) is 42.9 Å². The van der Waals surface area contributed by atoms with Crippen LogP contribution in [0.2, 0.25) is 0 Å². The Labute approximate surface area is 99.7 Å². The third-order valence-corrected chi connectivity index (χ3v) is 2.60. The van der Waals surface area contributed by atoms with Crippen LogP contribution in [-0.2, 0) is 6.54 Å². The van der Waals surface area contributed by atoms with Crippen LogP contribution in [0, 0.1) is 5.82 Å². The molecule has 1 aromatic heterocycles. The lowest BCUT2D eigenvalue weighted by Crippen LogP contribution is -2.18. The topological polar surface area (TPSA) is 37.8 Å². The molecule has 0 fully saturated rings. The lowest BCUT2D eigenvalue weighted by Gasteiger charge is -2.13. The van der Waals surface area contributed by atoms with Crippen LogP contribution < -0.4 is 5.32 Å². The maximum absolute atomic E-state index is 12.8. The Hall–Kier alpha value is -1.81. The van der Waals surface area contributed by atoms with Gasteiger partial charge in [0.1, 0.15) is 12.1 Å². The first-order chi connectivity index (χ1) is 8.25. The van der Waals surface area contributed by atoms with Crippen molar-refractivity contribution >= 4 is 0 Å². The fourth-order valence-corrected chi connectivity index (χ4v) is 1.55. The lowest BCUT2D eigenvalue weighted by molar-refractivity contribution is 0.564. The van der Waals surface area contributed by atoms with Crippen molar-refractivity contribution in [3.8, 4) is 0 Å². The first-order valence-corrected chi connectivity index (χ1v) is 5.49. The van der Waals surface area contributed by atoms with Gasteiger partial charge in [0, 0.05) is 18.8 Å². The van der Waals surface area contributed by atoms with Gasteiger partial charge in [0.05, 0.1) is 5.69 Å². The summed E-state index contributed by atoms with van der Waals surface area (Å²) in [6, 6.07) is 8.53. The Morgan fingerprint density at radius 1 is 1.24 bits per heavy atom. The van der Waals surface area contributed by atoms with Crippen LogP contribution in [-0.4, -0.2) is 9.97 Å². The monoisotopic (exact) mass is 231 g/mol. The lowest BCUT2D eigenvalue weighted by atomic mass is 10.1. The highest BCUT2D eigenvalue weighted by Crippen LogP contribution is 2.13. The normalized spacial score (nSPS) is 12.4. The van der Waals surface area contributed by atoms with Crippen LogP contribution in [0.5, 0.6) is 0 Å². The molecule has 4 heteroatoms. The number of halogens is 1. The highest BCUT2D eigenvalue weighted by molar-refractivity contribution is 5.19. The molecule has 0 unspecified atom stereocenters. The molecule has 0 aliphatic heterocycles. The molecule has 0 aliphatic carbocycles. The number of nitrogens with one attached hydrogen (secondary N) is 1. The second-order valence-corrected chi connectivity index (χ2v) is 3.85. The Bertz CT molecular complexity index is 456. The molecule has 3 nitrogen and oxygen atoms in total. The largest absolute Gasteiger partial charge is 0.305 e. The number of hydrogen-bond acceptors (Lipinski definition) is 3. The zero-order valence-corrected chi connectivity index (χ0v) is 9.60. The van der Waals surface area contributed by atoms with Crippen molar-refractivity contribution < 1.29 is 4.39 Å². The van der Waals surface area contributed by atoms with Crippen molar-refractivity contribution in [2.45, 2.75) is 19.5 Å². The minimum Gasteiger partial charge on any atom is -0.305 e. The summed E-state index contributed by atoms with van der Waals surface area (Å²) < 4.78 is 12.8. The van der Waals surface area contributed by atoms with E-state index >= 15 is 0 Å². The summed E-state index contributed by atoms with van der Waals surface area (Å²) in [6.07, 6.45) is 3.24. The van der Waals surface area contributed by atoms with E-state index in [2.05, 4.69) is 15.3 Å². The van der Waals surface area contributed by atoms with Crippen molar-refractivity contribution in [2.75, 3.05) is 0 Å². The van der Waals surface area contributed by atoms with E-state index in [0.717, 1.165) is 11.3 Å². The molecule has 0 bridgehead atoms. The van der Waals surface area contributed by atoms with Gasteiger partial charge in [-0.15, -0.1) is 0 Å². The summed E-state index contributed by atoms with van der Waals surface area (Å²) >= 11 is 0. The van der Waals surface area contributed by atoms with E-state index in [1.54, 1.807) is 18.3 Å². The number of hydrogen-bond donors (Lipinski definition) is 1. The van der Waals surface area contributed by atoms with E-state index in [4.69, 9.17) is 0 Å². The number of aromatic nitrogens is 2. The second kappa shape index (κ2) is 5.50. The van der Waals surface area contributed by atoms with Crippen LogP contribution in [0.3, 0.4) is 0 Å². The van der Waals surface area contributed by atoms with Gasteiger partial charge >= 0.3 is 0 Å². The Morgan fingerprint density at radius 2 is 2.00 bits per heavy atom. The predicted octanol–water partition coefficient (Wildman–Crippen LogP) is 2.47. The first kappa shape index (κ1) is 11.7. The fraction of sp³-hybridized carbons (Fsp3) is 0.231. The van der Waals surface area contributed by atoms with Gasteiger partial charge in [-0.1, -0.05) is 12.1 Å². The molecule has 1 atom stereocenters. The van der Waals surface area contributed by atoms with E-state index in [-0.39, 0.29) is 11.9 Å². The Kier molecular flexibility index (Phi) is 3.77. The minimum atomic E-state index is -0.211. The van der Waals surface area contributed by atoms with E-state index in [1.165, 1.54) is 18.5 Å². The third kappa shape index (κ3) is 3.32. The highest BCUT2D eigenvalue weighted by Gasteiger charge is 2.04. The smallest absolute Gasteiger partial charge is 0.123 e. The van der Waals surface area contributed by atoms with Gasteiger partial charge < -0.3 is 5.32 Å². The van der Waals surface area contributed by atoms with Crippen LogP contribution in [0.25, 0.3) is 0 Å². The average Bonchev–Trinajstić information content (AvgIpc) is 2.38. The van der Waals surface area contributed by atoms with Gasteiger partial charge in [-0.05, 0) is 30.7 Å². The van der Waals surface area contributed by atoms with E-state index in [9.17, 15) is 4.39 Å². The molecule has 0 radical (unpaired) electrons. The van der Waals surface area contributed by atoms with Crippen molar-refractivity contribution in [2.24, 2.45) is 0 Å². The summed E-state index contributed by atoms with van der Waals surface area (Å²) in [5.74, 6) is -0.211. The minimum absolute atomic E-state index is 0.158. The van der Waals surface area contributed by atoms with Gasteiger partial charge in [0.25, 0.3) is 0 Å². The van der Waals surface area contributed by atoms with Crippen molar-refractivity contribution in [1.29, 1.82) is 0 Å². The molecule has 0 saturated carbocycles. The number of nitrogens with zero attached hydrogens (tertiary/aromatic N) is 2. The molecular weight excluding hydrogens is 217 g/mol. The zero-order chi connectivity index (χ0) is 12.1. The number of rotatable bonds is 4. The SMILES string of the molecule is C[C@@H](NCc1ccncn1)c1ccc(F)cc1. The Balaban J connectivity index is 1.93. The van der Waals surface area contributed by atoms with Crippen molar-refractivity contribution in [3.63, 3.8) is 0 Å². The van der Waals surface area contributed by atoms with Crippen LogP contribution >= 0.6 is 0 Å². The molecule has 0 saturated heterocycles. The van der Waals surface area contributed by atoms with Crippen molar-refractivity contribution in [3.05, 3.63) is 59.9 Å². The maximum Gasteiger partial charge on any atom is 0.123 e. The average molecular weight is 231 g/mol.